The molecule has 7 nitrogen and oxygen atoms in total. The van der Waals surface area contributed by atoms with Crippen LogP contribution in [-0.2, 0) is 27.3 Å². The number of fused-ring (bicyclic) bond motifs is 1. The zero-order chi connectivity index (χ0) is 26.2. The quantitative estimate of drug-likeness (QED) is 0.225. The van der Waals surface area contributed by atoms with Crippen LogP contribution in [0, 0.1) is 6.92 Å². The van der Waals surface area contributed by atoms with E-state index in [0.717, 1.165) is 39.2 Å². The van der Waals surface area contributed by atoms with Gasteiger partial charge in [-0.3, -0.25) is 4.57 Å². The Morgan fingerprint density at radius 2 is 1.62 bits per heavy atom. The fourth-order valence-corrected chi connectivity index (χ4v) is 4.35. The Morgan fingerprint density at radius 3 is 2.30 bits per heavy atom. The average Bonchev–Trinajstić information content (AvgIpc) is 3.21. The molecular formula is C30H33NO6. The first-order valence-electron chi connectivity index (χ1n) is 12.3. The molecule has 4 aromatic rings. The molecule has 0 bridgehead atoms. The van der Waals surface area contributed by atoms with Crippen molar-refractivity contribution in [3.05, 3.63) is 89.5 Å². The third kappa shape index (κ3) is 6.24. The van der Waals surface area contributed by atoms with Gasteiger partial charge in [-0.05, 0) is 55.3 Å². The topological polar surface area (TPSA) is 68.2 Å². The number of carbonyl (C=O) groups is 1. The van der Waals surface area contributed by atoms with Crippen LogP contribution in [0.5, 0.6) is 17.4 Å². The second kappa shape index (κ2) is 12.3. The third-order valence-electron chi connectivity index (χ3n) is 6.17. The summed E-state index contributed by atoms with van der Waals surface area (Å²) in [6, 6.07) is 23.8. The molecule has 0 fully saturated rings. The summed E-state index contributed by atoms with van der Waals surface area (Å²) < 4.78 is 30.3. The largest absolute Gasteiger partial charge is 0.489 e. The molecule has 0 saturated heterocycles. The van der Waals surface area contributed by atoms with Crippen LogP contribution in [0.25, 0.3) is 10.9 Å². The molecule has 1 heterocycles. The molecule has 1 aromatic heterocycles. The highest BCUT2D eigenvalue weighted by Crippen LogP contribution is 2.37. The van der Waals surface area contributed by atoms with Crippen molar-refractivity contribution >= 4 is 16.9 Å². The van der Waals surface area contributed by atoms with Crippen LogP contribution in [0.1, 0.15) is 29.8 Å². The van der Waals surface area contributed by atoms with Gasteiger partial charge >= 0.3 is 5.97 Å². The number of esters is 1. The maximum atomic E-state index is 11.5. The highest BCUT2D eigenvalue weighted by molar-refractivity contribution is 5.88. The van der Waals surface area contributed by atoms with E-state index in [1.165, 1.54) is 0 Å². The molecule has 0 aliphatic carbocycles. The molecule has 37 heavy (non-hydrogen) atoms. The van der Waals surface area contributed by atoms with Crippen molar-refractivity contribution in [3.8, 4) is 17.4 Å². The predicted octanol–water partition coefficient (Wildman–Crippen LogP) is 5.87. The van der Waals surface area contributed by atoms with E-state index in [1.54, 1.807) is 21.1 Å². The van der Waals surface area contributed by atoms with E-state index in [9.17, 15) is 4.79 Å². The Labute approximate surface area is 217 Å². The molecule has 194 valence electrons. The molecule has 0 N–H and O–H groups in total. The van der Waals surface area contributed by atoms with Gasteiger partial charge in [-0.2, -0.15) is 0 Å². The highest BCUT2D eigenvalue weighted by atomic mass is 16.6. The average molecular weight is 504 g/mol. The molecule has 0 radical (unpaired) electrons. The number of methoxy groups -OCH3 is 2. The van der Waals surface area contributed by atoms with E-state index >= 15 is 0 Å². The van der Waals surface area contributed by atoms with Gasteiger partial charge in [0, 0.05) is 24.5 Å². The number of benzene rings is 3. The van der Waals surface area contributed by atoms with Crippen LogP contribution < -0.4 is 14.2 Å². The lowest BCUT2D eigenvalue weighted by molar-refractivity contribution is -0.145. The lowest BCUT2D eigenvalue weighted by atomic mass is 10.1. The van der Waals surface area contributed by atoms with Crippen molar-refractivity contribution in [2.45, 2.75) is 33.1 Å². The van der Waals surface area contributed by atoms with Crippen molar-refractivity contribution in [1.29, 1.82) is 0 Å². The molecule has 0 aliphatic rings. The fraction of sp³-hybridized carbons (Fsp3) is 0.300. The Balaban J connectivity index is 1.53. The summed E-state index contributed by atoms with van der Waals surface area (Å²) >= 11 is 0. The zero-order valence-electron chi connectivity index (χ0n) is 21.7. The number of aryl methyl sites for hydroxylation is 1. The van der Waals surface area contributed by atoms with E-state index in [0.29, 0.717) is 25.4 Å². The normalized spacial score (nSPS) is 11.8. The summed E-state index contributed by atoms with van der Waals surface area (Å²) in [7, 11) is 3.37. The lowest BCUT2D eigenvalue weighted by Gasteiger charge is -2.21. The van der Waals surface area contributed by atoms with Crippen molar-refractivity contribution < 1.29 is 28.5 Å². The molecule has 0 saturated carbocycles. The van der Waals surface area contributed by atoms with Gasteiger partial charge < -0.3 is 23.7 Å². The molecule has 0 spiro atoms. The monoisotopic (exact) mass is 503 g/mol. The molecule has 1 atom stereocenters. The first-order valence-corrected chi connectivity index (χ1v) is 12.3. The van der Waals surface area contributed by atoms with Gasteiger partial charge in [0.25, 0.3) is 0 Å². The van der Waals surface area contributed by atoms with Crippen LogP contribution in [0.15, 0.2) is 72.8 Å². The maximum absolute atomic E-state index is 11.5. The summed E-state index contributed by atoms with van der Waals surface area (Å²) in [6.45, 7) is 4.53. The standard InChI is InChI=1S/C30H33NO6/c1-5-35-29(32)20-37-24-13-11-22(12-14-24)17-28(33-3)31-27-16-15-25(18-26(27)21(2)30(31)34-4)36-19-23-9-7-6-8-10-23/h6-16,18,28H,5,17,19-20H2,1-4H3. The minimum atomic E-state index is -0.387. The number of hydrogen-bond donors (Lipinski definition) is 0. The van der Waals surface area contributed by atoms with Crippen molar-refractivity contribution in [3.63, 3.8) is 0 Å². The second-order valence-electron chi connectivity index (χ2n) is 8.59. The zero-order valence-corrected chi connectivity index (χ0v) is 21.7. The molecular weight excluding hydrogens is 470 g/mol. The highest BCUT2D eigenvalue weighted by Gasteiger charge is 2.22. The van der Waals surface area contributed by atoms with Gasteiger partial charge in [0.1, 0.15) is 24.3 Å². The summed E-state index contributed by atoms with van der Waals surface area (Å²) in [4.78, 5) is 11.5. The van der Waals surface area contributed by atoms with Gasteiger partial charge in [0.15, 0.2) is 12.5 Å². The predicted molar refractivity (Wildman–Crippen MR) is 142 cm³/mol. The van der Waals surface area contributed by atoms with Crippen LogP contribution in [0.2, 0.25) is 0 Å². The number of rotatable bonds is 12. The Morgan fingerprint density at radius 1 is 0.892 bits per heavy atom. The van der Waals surface area contributed by atoms with E-state index < -0.39 is 0 Å². The summed E-state index contributed by atoms with van der Waals surface area (Å²) in [6.07, 6.45) is 0.314. The number of aromatic nitrogens is 1. The Kier molecular flexibility index (Phi) is 8.69. The Hall–Kier alpha value is -3.97. The second-order valence-corrected chi connectivity index (χ2v) is 8.59. The molecule has 0 aliphatic heterocycles. The minimum Gasteiger partial charge on any atom is -0.489 e. The molecule has 3 aromatic carbocycles. The first-order chi connectivity index (χ1) is 18.0. The van der Waals surface area contributed by atoms with Crippen molar-refractivity contribution in [2.75, 3.05) is 27.4 Å². The molecule has 1 unspecified atom stereocenters. The van der Waals surface area contributed by atoms with E-state index in [2.05, 4.69) is 10.6 Å². The lowest BCUT2D eigenvalue weighted by Crippen LogP contribution is -2.15. The molecule has 0 amide bonds. The molecule has 4 rings (SSSR count). The van der Waals surface area contributed by atoms with Gasteiger partial charge in [0.2, 0.25) is 0 Å². The van der Waals surface area contributed by atoms with Gasteiger partial charge in [-0.15, -0.1) is 0 Å². The number of carbonyl (C=O) groups excluding carboxylic acids is 1. The van der Waals surface area contributed by atoms with E-state index in [1.807, 2.05) is 73.7 Å². The summed E-state index contributed by atoms with van der Waals surface area (Å²) in [5.41, 5.74) is 4.20. The SMILES string of the molecule is CCOC(=O)COc1ccc(CC(OC)n2c(OC)c(C)c3cc(OCc4ccccc4)ccc32)cc1. The van der Waals surface area contributed by atoms with Gasteiger partial charge in [-0.25, -0.2) is 4.79 Å². The summed E-state index contributed by atoms with van der Waals surface area (Å²) in [5, 5.41) is 1.05. The van der Waals surface area contributed by atoms with Crippen LogP contribution in [-0.4, -0.2) is 38.0 Å². The number of ether oxygens (including phenoxy) is 5. The van der Waals surface area contributed by atoms with E-state index in [4.69, 9.17) is 23.7 Å². The van der Waals surface area contributed by atoms with Gasteiger partial charge in [-0.1, -0.05) is 42.5 Å². The van der Waals surface area contributed by atoms with E-state index in [-0.39, 0.29) is 18.8 Å². The van der Waals surface area contributed by atoms with Gasteiger partial charge in [0.05, 0.1) is 19.2 Å². The smallest absolute Gasteiger partial charge is 0.344 e. The first kappa shape index (κ1) is 26.1. The van der Waals surface area contributed by atoms with Crippen LogP contribution in [0.4, 0.5) is 0 Å². The minimum absolute atomic E-state index is 0.114. The summed E-state index contributed by atoms with van der Waals surface area (Å²) in [5.74, 6) is 1.76. The van der Waals surface area contributed by atoms with Crippen LogP contribution >= 0.6 is 0 Å². The van der Waals surface area contributed by atoms with Crippen molar-refractivity contribution in [1.82, 2.24) is 4.57 Å². The number of hydrogen-bond acceptors (Lipinski definition) is 6. The third-order valence-corrected chi connectivity index (χ3v) is 6.17. The fourth-order valence-electron chi connectivity index (χ4n) is 4.35. The maximum Gasteiger partial charge on any atom is 0.344 e. The van der Waals surface area contributed by atoms with Crippen molar-refractivity contribution in [2.24, 2.45) is 0 Å². The Bertz CT molecular complexity index is 1310. The van der Waals surface area contributed by atoms with Crippen LogP contribution in [0.3, 0.4) is 0 Å². The number of nitrogens with zero attached hydrogens (tertiary/aromatic N) is 1. The molecule has 7 heteroatoms.